The minimum atomic E-state index is -0.671. The molecule has 3 rings (SSSR count). The lowest BCUT2D eigenvalue weighted by Gasteiger charge is -2.20. The lowest BCUT2D eigenvalue weighted by Crippen LogP contribution is -2.33. The molecule has 0 aromatic heterocycles. The summed E-state index contributed by atoms with van der Waals surface area (Å²) in [5.74, 6) is 0.662. The Morgan fingerprint density at radius 1 is 0.861 bits per heavy atom. The summed E-state index contributed by atoms with van der Waals surface area (Å²) in [6, 6.07) is 19.1. The first-order chi connectivity index (χ1) is 17.4. The lowest BCUT2D eigenvalue weighted by molar-refractivity contribution is 0.0970. The highest BCUT2D eigenvalue weighted by Gasteiger charge is 2.18. The van der Waals surface area contributed by atoms with E-state index in [1.807, 2.05) is 37.3 Å². The van der Waals surface area contributed by atoms with E-state index in [0.29, 0.717) is 40.6 Å². The van der Waals surface area contributed by atoms with E-state index in [2.05, 4.69) is 10.6 Å². The Hall–Kier alpha value is -3.88. The number of ketones is 1. The quantitative estimate of drug-likeness (QED) is 0.325. The van der Waals surface area contributed by atoms with Gasteiger partial charge in [-0.1, -0.05) is 42.5 Å². The molecule has 2 atom stereocenters. The van der Waals surface area contributed by atoms with E-state index in [4.69, 9.17) is 14.2 Å². The molecular weight excluding hydrogens is 460 g/mol. The summed E-state index contributed by atoms with van der Waals surface area (Å²) in [6.07, 6.45) is -0.425. The Morgan fingerprint density at radius 2 is 1.53 bits per heavy atom. The molecule has 0 bridgehead atoms. The second-order valence-electron chi connectivity index (χ2n) is 8.22. The first-order valence-electron chi connectivity index (χ1n) is 11.6. The highest BCUT2D eigenvalue weighted by atomic mass is 16.5. The molecule has 0 fully saturated rings. The number of methoxy groups -OCH3 is 3. The Balaban J connectivity index is 1.61. The number of anilines is 1. The van der Waals surface area contributed by atoms with E-state index in [-0.39, 0.29) is 24.2 Å². The molecule has 1 amide bonds. The van der Waals surface area contributed by atoms with E-state index in [1.165, 1.54) is 21.3 Å². The van der Waals surface area contributed by atoms with Gasteiger partial charge in [-0.3, -0.25) is 9.59 Å². The molecule has 8 nitrogen and oxygen atoms in total. The predicted molar refractivity (Wildman–Crippen MR) is 138 cm³/mol. The van der Waals surface area contributed by atoms with E-state index < -0.39 is 6.10 Å². The summed E-state index contributed by atoms with van der Waals surface area (Å²) in [5.41, 5.74) is 2.10. The van der Waals surface area contributed by atoms with Crippen LogP contribution in [0.5, 0.6) is 17.2 Å². The van der Waals surface area contributed by atoms with E-state index in [9.17, 15) is 14.7 Å². The molecule has 0 aliphatic rings. The fraction of sp³-hybridized carbons (Fsp3) is 0.286. The zero-order valence-electron chi connectivity index (χ0n) is 20.9. The number of rotatable bonds is 12. The third kappa shape index (κ3) is 6.62. The number of carbonyl (C=O) groups excluding carboxylic acids is 2. The van der Waals surface area contributed by atoms with Crippen molar-refractivity contribution in [3.63, 3.8) is 0 Å². The van der Waals surface area contributed by atoms with Crippen LogP contribution in [0.15, 0.2) is 66.7 Å². The molecule has 0 aliphatic carbocycles. The number of carbonyl (C=O) groups is 2. The van der Waals surface area contributed by atoms with Crippen LogP contribution in [0.2, 0.25) is 0 Å². The van der Waals surface area contributed by atoms with E-state index >= 15 is 0 Å². The van der Waals surface area contributed by atoms with Crippen molar-refractivity contribution in [1.82, 2.24) is 5.32 Å². The molecule has 0 aliphatic heterocycles. The number of aliphatic hydroxyl groups is 1. The molecule has 3 aromatic rings. The van der Waals surface area contributed by atoms with Crippen molar-refractivity contribution in [3.8, 4) is 17.2 Å². The maximum Gasteiger partial charge on any atom is 0.255 e. The van der Waals surface area contributed by atoms with Crippen molar-refractivity contribution < 1.29 is 28.9 Å². The van der Waals surface area contributed by atoms with E-state index in [0.717, 1.165) is 5.56 Å². The zero-order chi connectivity index (χ0) is 26.1. The average Bonchev–Trinajstić information content (AvgIpc) is 2.92. The summed E-state index contributed by atoms with van der Waals surface area (Å²) >= 11 is 0. The highest BCUT2D eigenvalue weighted by molar-refractivity contribution is 6.06. The topological polar surface area (TPSA) is 106 Å². The maximum absolute atomic E-state index is 12.9. The molecule has 0 heterocycles. The Kier molecular flexibility index (Phi) is 9.44. The van der Waals surface area contributed by atoms with Gasteiger partial charge >= 0.3 is 0 Å². The average molecular weight is 493 g/mol. The van der Waals surface area contributed by atoms with Gasteiger partial charge in [0.05, 0.1) is 27.4 Å². The summed E-state index contributed by atoms with van der Waals surface area (Å²) in [5, 5.41) is 16.5. The zero-order valence-corrected chi connectivity index (χ0v) is 20.9. The minimum Gasteiger partial charge on any atom is -0.493 e. The summed E-state index contributed by atoms with van der Waals surface area (Å²) < 4.78 is 15.9. The number of Topliss-reactive ketones (excluding diaryl/α,β-unsaturated/α-hetero) is 1. The normalized spacial score (nSPS) is 12.4. The molecule has 8 heteroatoms. The Labute approximate surface area is 211 Å². The Morgan fingerprint density at radius 3 is 2.14 bits per heavy atom. The van der Waals surface area contributed by atoms with Crippen LogP contribution in [0.25, 0.3) is 0 Å². The van der Waals surface area contributed by atoms with Crippen LogP contribution >= 0.6 is 0 Å². The molecule has 0 radical (unpaired) electrons. The fourth-order valence-electron chi connectivity index (χ4n) is 3.79. The van der Waals surface area contributed by atoms with Crippen molar-refractivity contribution in [3.05, 3.63) is 83.4 Å². The number of nitrogens with one attached hydrogen (secondary N) is 2. The van der Waals surface area contributed by atoms with Crippen molar-refractivity contribution in [2.45, 2.75) is 25.5 Å². The van der Waals surface area contributed by atoms with Gasteiger partial charge in [0.1, 0.15) is 0 Å². The van der Waals surface area contributed by atoms with Gasteiger partial charge in [0.15, 0.2) is 17.3 Å². The SMILES string of the molecule is COc1cc(C(=O)Nc2cccc(C(=O)CCNC(C)C(O)c3ccccc3)c2)cc(OC)c1OC. The molecule has 3 N–H and O–H groups in total. The minimum absolute atomic E-state index is 0.0761. The van der Waals surface area contributed by atoms with Crippen LogP contribution in [-0.2, 0) is 0 Å². The second-order valence-corrected chi connectivity index (χ2v) is 8.22. The number of amides is 1. The molecule has 0 spiro atoms. The molecule has 3 aromatic carbocycles. The van der Waals surface area contributed by atoms with E-state index in [1.54, 1.807) is 36.4 Å². The van der Waals surface area contributed by atoms with Crippen LogP contribution in [-0.4, -0.2) is 50.7 Å². The molecule has 0 saturated heterocycles. The van der Waals surface area contributed by atoms with Gasteiger partial charge in [-0.05, 0) is 36.8 Å². The largest absolute Gasteiger partial charge is 0.493 e. The first-order valence-corrected chi connectivity index (χ1v) is 11.6. The molecule has 36 heavy (non-hydrogen) atoms. The maximum atomic E-state index is 12.9. The van der Waals surface area contributed by atoms with Gasteiger partial charge in [0.2, 0.25) is 5.75 Å². The first kappa shape index (κ1) is 26.7. The summed E-state index contributed by atoms with van der Waals surface area (Å²) in [7, 11) is 4.45. The molecule has 0 saturated carbocycles. The van der Waals surface area contributed by atoms with Crippen LogP contribution in [0.1, 0.15) is 45.7 Å². The second kappa shape index (κ2) is 12.7. The molecular formula is C28H32N2O6. The van der Waals surface area contributed by atoms with Crippen molar-refractivity contribution in [2.24, 2.45) is 0 Å². The van der Waals surface area contributed by atoms with Crippen LogP contribution in [0, 0.1) is 0 Å². The molecule has 190 valence electrons. The van der Waals surface area contributed by atoms with Crippen molar-refractivity contribution >= 4 is 17.4 Å². The fourth-order valence-corrected chi connectivity index (χ4v) is 3.79. The van der Waals surface area contributed by atoms with Crippen LogP contribution < -0.4 is 24.8 Å². The van der Waals surface area contributed by atoms with Gasteiger partial charge in [0, 0.05) is 35.8 Å². The number of hydrogen-bond acceptors (Lipinski definition) is 7. The third-order valence-corrected chi connectivity index (χ3v) is 5.80. The summed E-state index contributed by atoms with van der Waals surface area (Å²) in [6.45, 7) is 2.29. The lowest BCUT2D eigenvalue weighted by atomic mass is 10.0. The smallest absolute Gasteiger partial charge is 0.255 e. The predicted octanol–water partition coefficient (Wildman–Crippen LogP) is 4.25. The van der Waals surface area contributed by atoms with Crippen molar-refractivity contribution in [1.29, 1.82) is 0 Å². The van der Waals surface area contributed by atoms with Gasteiger partial charge in [-0.2, -0.15) is 0 Å². The van der Waals surface area contributed by atoms with Gasteiger partial charge in [-0.25, -0.2) is 0 Å². The number of ether oxygens (including phenoxy) is 3. The highest BCUT2D eigenvalue weighted by Crippen LogP contribution is 2.38. The van der Waals surface area contributed by atoms with Gasteiger partial charge in [-0.15, -0.1) is 0 Å². The van der Waals surface area contributed by atoms with Crippen LogP contribution in [0.3, 0.4) is 0 Å². The Bertz CT molecular complexity index is 1160. The molecule has 2 unspecified atom stereocenters. The van der Waals surface area contributed by atoms with Gasteiger partial charge in [0.25, 0.3) is 5.91 Å². The standard InChI is InChI=1S/C28H32N2O6/c1-18(26(32)19-9-6-5-7-10-19)29-14-13-23(31)20-11-8-12-22(15-20)30-28(33)21-16-24(34-2)27(36-4)25(17-21)35-3/h5-12,15-18,26,29,32H,13-14H2,1-4H3,(H,30,33). The summed E-state index contributed by atoms with van der Waals surface area (Å²) in [4.78, 5) is 25.6. The van der Waals surface area contributed by atoms with Crippen LogP contribution in [0.4, 0.5) is 5.69 Å². The monoisotopic (exact) mass is 492 g/mol. The number of hydrogen-bond donors (Lipinski definition) is 3. The number of aliphatic hydroxyl groups excluding tert-OH is 1. The van der Waals surface area contributed by atoms with Crippen molar-refractivity contribution in [2.75, 3.05) is 33.2 Å². The number of benzene rings is 3. The third-order valence-electron chi connectivity index (χ3n) is 5.80. The van der Waals surface area contributed by atoms with Gasteiger partial charge < -0.3 is 30.0 Å².